The Morgan fingerprint density at radius 2 is 1.90 bits per heavy atom. The zero-order valence-corrected chi connectivity index (χ0v) is 22.8. The largest absolute Gasteiger partial charge is 0.467 e. The lowest BCUT2D eigenvalue weighted by atomic mass is 10.0. The molecule has 0 radical (unpaired) electrons. The number of rotatable bonds is 8. The van der Waals surface area contributed by atoms with Crippen LogP contribution in [0.4, 0.5) is 0 Å². The van der Waals surface area contributed by atoms with Crippen LogP contribution in [-0.2, 0) is 21.4 Å². The molecular weight excluding hydrogens is 526 g/mol. The van der Waals surface area contributed by atoms with Gasteiger partial charge in [0, 0.05) is 30.4 Å². The van der Waals surface area contributed by atoms with Crippen LogP contribution in [0.3, 0.4) is 0 Å². The highest BCUT2D eigenvalue weighted by atomic mass is 32.2. The van der Waals surface area contributed by atoms with E-state index in [2.05, 4.69) is 12.2 Å². The van der Waals surface area contributed by atoms with Crippen LogP contribution in [0.1, 0.15) is 31.1 Å². The summed E-state index contributed by atoms with van der Waals surface area (Å²) in [5.41, 5.74) is 2.15. The third kappa shape index (κ3) is 5.91. The van der Waals surface area contributed by atoms with Crippen molar-refractivity contribution in [3.63, 3.8) is 0 Å². The maximum atomic E-state index is 13.5. The Kier molecular flexibility index (Phi) is 7.96. The molecule has 2 aromatic heterocycles. The van der Waals surface area contributed by atoms with E-state index in [0.717, 1.165) is 18.5 Å². The van der Waals surface area contributed by atoms with E-state index in [-0.39, 0.29) is 17.0 Å². The molecule has 0 atom stereocenters. The molecule has 0 unspecified atom stereocenters. The third-order valence-electron chi connectivity index (χ3n) is 6.92. The average molecular weight is 556 g/mol. The predicted molar refractivity (Wildman–Crippen MR) is 150 cm³/mol. The van der Waals surface area contributed by atoms with Crippen molar-refractivity contribution in [3.8, 4) is 23.0 Å². The van der Waals surface area contributed by atoms with Crippen LogP contribution in [0.25, 0.3) is 23.0 Å². The topological polar surface area (TPSA) is 121 Å². The number of nitrogens with one attached hydrogen (secondary N) is 1. The molecule has 1 amide bonds. The lowest BCUT2D eigenvalue weighted by Crippen LogP contribution is -2.37. The standard InChI is InChI=1S/C30H29N5O4S/c1-22-12-14-34(15-13-22)40(37,38)28-11-5-7-23(18-28)29-25(21-35(33-29)26-8-3-2-4-9-26)17-24(19-31)30(36)32-20-27-10-6-16-39-27/h2-11,16-18,21-22H,12-15,20H2,1H3,(H,32,36)/b24-17-. The maximum Gasteiger partial charge on any atom is 0.262 e. The molecule has 1 aliphatic heterocycles. The van der Waals surface area contributed by atoms with Crippen molar-refractivity contribution in [1.82, 2.24) is 19.4 Å². The number of nitrogens with zero attached hydrogens (tertiary/aromatic N) is 4. The number of amides is 1. The van der Waals surface area contributed by atoms with Gasteiger partial charge in [-0.3, -0.25) is 4.79 Å². The van der Waals surface area contributed by atoms with Crippen molar-refractivity contribution in [2.24, 2.45) is 5.92 Å². The molecule has 0 spiro atoms. The molecule has 3 heterocycles. The number of benzene rings is 2. The second-order valence-corrected chi connectivity index (χ2v) is 11.7. The van der Waals surface area contributed by atoms with E-state index in [1.165, 1.54) is 16.6 Å². The zero-order chi connectivity index (χ0) is 28.1. The first-order valence-corrected chi connectivity index (χ1v) is 14.5. The summed E-state index contributed by atoms with van der Waals surface area (Å²) in [6.45, 7) is 3.25. The van der Waals surface area contributed by atoms with Crippen molar-refractivity contribution < 1.29 is 17.6 Å². The van der Waals surface area contributed by atoms with E-state index in [1.54, 1.807) is 47.3 Å². The first-order valence-electron chi connectivity index (χ1n) is 13.0. The van der Waals surface area contributed by atoms with Gasteiger partial charge >= 0.3 is 0 Å². The number of hydrogen-bond acceptors (Lipinski definition) is 6. The molecule has 9 nitrogen and oxygen atoms in total. The summed E-state index contributed by atoms with van der Waals surface area (Å²) in [4.78, 5) is 13.0. The molecular formula is C30H29N5O4S. The lowest BCUT2D eigenvalue weighted by molar-refractivity contribution is -0.117. The molecule has 0 bridgehead atoms. The Hall–Kier alpha value is -4.46. The van der Waals surface area contributed by atoms with Crippen molar-refractivity contribution in [2.75, 3.05) is 13.1 Å². The number of piperidine rings is 1. The first-order chi connectivity index (χ1) is 19.3. The van der Waals surface area contributed by atoms with Crippen LogP contribution in [0.15, 0.2) is 94.1 Å². The monoisotopic (exact) mass is 555 g/mol. The van der Waals surface area contributed by atoms with Gasteiger partial charge in [-0.25, -0.2) is 13.1 Å². The Labute approximate surface area is 233 Å². The van der Waals surface area contributed by atoms with E-state index >= 15 is 0 Å². The number of hydrogen-bond donors (Lipinski definition) is 1. The Morgan fingerprint density at radius 1 is 1.12 bits per heavy atom. The van der Waals surface area contributed by atoms with Gasteiger partial charge in [0.2, 0.25) is 10.0 Å². The van der Waals surface area contributed by atoms with Gasteiger partial charge in [0.1, 0.15) is 23.1 Å². The molecule has 2 aromatic carbocycles. The highest BCUT2D eigenvalue weighted by Crippen LogP contribution is 2.30. The number of sulfonamides is 1. The second-order valence-electron chi connectivity index (χ2n) is 9.76. The van der Waals surface area contributed by atoms with Crippen LogP contribution in [0.5, 0.6) is 0 Å². The Bertz CT molecular complexity index is 1660. The minimum atomic E-state index is -3.69. The fourth-order valence-corrected chi connectivity index (χ4v) is 6.10. The molecule has 40 heavy (non-hydrogen) atoms. The van der Waals surface area contributed by atoms with Crippen LogP contribution >= 0.6 is 0 Å². The number of carbonyl (C=O) groups is 1. The number of carbonyl (C=O) groups excluding carboxylic acids is 1. The normalized spacial score (nSPS) is 15.1. The summed E-state index contributed by atoms with van der Waals surface area (Å²) in [5, 5.41) is 17.2. The third-order valence-corrected chi connectivity index (χ3v) is 8.81. The van der Waals surface area contributed by atoms with E-state index in [0.29, 0.717) is 41.6 Å². The van der Waals surface area contributed by atoms with Crippen LogP contribution in [-0.4, -0.2) is 41.5 Å². The molecule has 1 saturated heterocycles. The van der Waals surface area contributed by atoms with Crippen LogP contribution in [0.2, 0.25) is 0 Å². The minimum absolute atomic E-state index is 0.119. The fourth-order valence-electron chi connectivity index (χ4n) is 4.59. The van der Waals surface area contributed by atoms with Gasteiger partial charge in [-0.1, -0.05) is 37.3 Å². The van der Waals surface area contributed by atoms with Gasteiger partial charge in [-0.2, -0.15) is 14.7 Å². The highest BCUT2D eigenvalue weighted by Gasteiger charge is 2.28. The maximum absolute atomic E-state index is 13.5. The van der Waals surface area contributed by atoms with E-state index in [4.69, 9.17) is 9.52 Å². The number of para-hydroxylation sites is 1. The van der Waals surface area contributed by atoms with Gasteiger partial charge in [0.25, 0.3) is 5.91 Å². The molecule has 10 heteroatoms. The summed E-state index contributed by atoms with van der Waals surface area (Å²) in [6, 6.07) is 21.5. The average Bonchev–Trinajstić information content (AvgIpc) is 3.66. The fraction of sp³-hybridized carbons (Fsp3) is 0.233. The first kappa shape index (κ1) is 27.1. The molecule has 1 N–H and O–H groups in total. The Balaban J connectivity index is 1.52. The summed E-state index contributed by atoms with van der Waals surface area (Å²) in [5.74, 6) is 0.497. The summed E-state index contributed by atoms with van der Waals surface area (Å²) in [7, 11) is -3.69. The zero-order valence-electron chi connectivity index (χ0n) is 22.0. The second kappa shape index (κ2) is 11.7. The quantitative estimate of drug-likeness (QED) is 0.247. The number of furan rings is 1. The number of nitriles is 1. The van der Waals surface area contributed by atoms with Crippen molar-refractivity contribution >= 4 is 22.0 Å². The molecule has 5 rings (SSSR count). The van der Waals surface area contributed by atoms with Crippen LogP contribution < -0.4 is 5.32 Å². The molecule has 1 fully saturated rings. The molecule has 0 saturated carbocycles. The van der Waals surface area contributed by atoms with Crippen LogP contribution in [0, 0.1) is 17.2 Å². The van der Waals surface area contributed by atoms with Crippen molar-refractivity contribution in [3.05, 3.63) is 96.1 Å². The van der Waals surface area contributed by atoms with Gasteiger partial charge in [-0.05, 0) is 61.2 Å². The summed E-state index contributed by atoms with van der Waals surface area (Å²) >= 11 is 0. The van der Waals surface area contributed by atoms with Crippen molar-refractivity contribution in [1.29, 1.82) is 5.26 Å². The van der Waals surface area contributed by atoms with Gasteiger partial charge in [0.05, 0.1) is 23.4 Å². The molecule has 204 valence electrons. The predicted octanol–water partition coefficient (Wildman–Crippen LogP) is 4.78. The molecule has 4 aromatic rings. The van der Waals surface area contributed by atoms with E-state index in [1.807, 2.05) is 36.4 Å². The smallest absolute Gasteiger partial charge is 0.262 e. The van der Waals surface area contributed by atoms with E-state index in [9.17, 15) is 18.5 Å². The van der Waals surface area contributed by atoms with Gasteiger partial charge in [0.15, 0.2) is 0 Å². The molecule has 1 aliphatic rings. The van der Waals surface area contributed by atoms with E-state index < -0.39 is 15.9 Å². The number of aromatic nitrogens is 2. The highest BCUT2D eigenvalue weighted by molar-refractivity contribution is 7.89. The van der Waals surface area contributed by atoms with Crippen molar-refractivity contribution in [2.45, 2.75) is 31.2 Å². The Morgan fingerprint density at radius 3 is 2.60 bits per heavy atom. The lowest BCUT2D eigenvalue weighted by Gasteiger charge is -2.29. The summed E-state index contributed by atoms with van der Waals surface area (Å²) in [6.07, 6.45) is 6.34. The molecule has 0 aliphatic carbocycles. The SMILES string of the molecule is CC1CCN(S(=O)(=O)c2cccc(-c3nn(-c4ccccc4)cc3/C=C(/C#N)C(=O)NCc3ccco3)c2)CC1. The van der Waals surface area contributed by atoms with Gasteiger partial charge < -0.3 is 9.73 Å². The minimum Gasteiger partial charge on any atom is -0.467 e. The van der Waals surface area contributed by atoms with Gasteiger partial charge in [-0.15, -0.1) is 0 Å². The summed E-state index contributed by atoms with van der Waals surface area (Å²) < 4.78 is 35.3.